The zero-order chi connectivity index (χ0) is 27.5. The van der Waals surface area contributed by atoms with Gasteiger partial charge in [0, 0.05) is 12.2 Å². The molecule has 0 fully saturated rings. The van der Waals surface area contributed by atoms with Gasteiger partial charge in [0.1, 0.15) is 18.4 Å². The summed E-state index contributed by atoms with van der Waals surface area (Å²) in [6.07, 6.45) is 0.891. The first-order valence-electron chi connectivity index (χ1n) is 12.9. The first kappa shape index (κ1) is 27.3. The van der Waals surface area contributed by atoms with Crippen LogP contribution in [0, 0.1) is 6.92 Å². The summed E-state index contributed by atoms with van der Waals surface area (Å²) in [5, 5.41) is 16.2. The average molecular weight is 525 g/mol. The minimum Gasteiger partial charge on any atom is -0.492 e. The molecule has 39 heavy (non-hydrogen) atoms. The summed E-state index contributed by atoms with van der Waals surface area (Å²) in [5.41, 5.74) is 4.13. The lowest BCUT2D eigenvalue weighted by molar-refractivity contribution is -0.138. The van der Waals surface area contributed by atoms with E-state index in [0.29, 0.717) is 37.2 Å². The third-order valence-corrected chi connectivity index (χ3v) is 6.12. The molecule has 0 amide bonds. The van der Waals surface area contributed by atoms with E-state index < -0.39 is 18.0 Å². The van der Waals surface area contributed by atoms with Gasteiger partial charge in [0.05, 0.1) is 11.3 Å². The standard InChI is InChI=1S/C32H32N2O5/c1-23-11-16-26(17-12-23)33-21-22-38-27-18-13-24(14-19-27)15-20-29(31(35)36)34-28-9-5-6-10-30(28)39-32(37)25-7-3-2-4-8-25/h2-14,16-19,29,33-34H,15,20-22H2,1H3,(H,35,36). The molecule has 200 valence electrons. The number of nitrogens with one attached hydrogen (secondary N) is 2. The molecule has 3 N–H and O–H groups in total. The second-order valence-corrected chi connectivity index (χ2v) is 9.11. The van der Waals surface area contributed by atoms with E-state index in [1.807, 2.05) is 42.5 Å². The van der Waals surface area contributed by atoms with Crippen LogP contribution in [0.1, 0.15) is 27.9 Å². The number of carboxylic acid groups (broad SMARTS) is 1. The Bertz CT molecular complexity index is 1360. The topological polar surface area (TPSA) is 96.9 Å². The second-order valence-electron chi connectivity index (χ2n) is 9.11. The SMILES string of the molecule is Cc1ccc(NCCOc2ccc(CCC(Nc3ccccc3OC(=O)c3ccccc3)C(=O)O)cc2)cc1. The van der Waals surface area contributed by atoms with Crippen LogP contribution in [0.25, 0.3) is 0 Å². The molecule has 4 aromatic carbocycles. The van der Waals surface area contributed by atoms with Crippen LogP contribution in [0.4, 0.5) is 11.4 Å². The fourth-order valence-electron chi connectivity index (χ4n) is 3.95. The fraction of sp³-hybridized carbons (Fsp3) is 0.188. The highest BCUT2D eigenvalue weighted by Crippen LogP contribution is 2.26. The third kappa shape index (κ3) is 8.36. The van der Waals surface area contributed by atoms with Gasteiger partial charge in [0.2, 0.25) is 0 Å². The summed E-state index contributed by atoms with van der Waals surface area (Å²) in [4.78, 5) is 24.5. The zero-order valence-electron chi connectivity index (χ0n) is 21.8. The highest BCUT2D eigenvalue weighted by atomic mass is 16.5. The third-order valence-electron chi connectivity index (χ3n) is 6.12. The van der Waals surface area contributed by atoms with Crippen molar-refractivity contribution in [1.29, 1.82) is 0 Å². The predicted molar refractivity (Wildman–Crippen MR) is 153 cm³/mol. The van der Waals surface area contributed by atoms with E-state index >= 15 is 0 Å². The van der Waals surface area contributed by atoms with Gasteiger partial charge in [-0.05, 0) is 73.9 Å². The number of para-hydroxylation sites is 2. The molecule has 0 saturated heterocycles. The number of benzene rings is 4. The van der Waals surface area contributed by atoms with E-state index in [0.717, 1.165) is 17.0 Å². The molecule has 0 heterocycles. The molecule has 0 aliphatic heterocycles. The number of ether oxygens (including phenoxy) is 2. The Kier molecular flexibility index (Phi) is 9.56. The lowest BCUT2D eigenvalue weighted by Gasteiger charge is -2.18. The maximum atomic E-state index is 12.5. The van der Waals surface area contributed by atoms with Crippen LogP contribution in [0.15, 0.2) is 103 Å². The van der Waals surface area contributed by atoms with Gasteiger partial charge < -0.3 is 25.2 Å². The average Bonchev–Trinajstić information content (AvgIpc) is 2.96. The van der Waals surface area contributed by atoms with Crippen molar-refractivity contribution in [1.82, 2.24) is 0 Å². The quantitative estimate of drug-likeness (QED) is 0.109. The summed E-state index contributed by atoms with van der Waals surface area (Å²) >= 11 is 0. The number of anilines is 2. The molecule has 0 aliphatic carbocycles. The lowest BCUT2D eigenvalue weighted by atomic mass is 10.0. The number of rotatable bonds is 13. The highest BCUT2D eigenvalue weighted by Gasteiger charge is 2.20. The molecular weight excluding hydrogens is 492 g/mol. The van der Waals surface area contributed by atoms with E-state index in [1.54, 1.807) is 48.5 Å². The van der Waals surface area contributed by atoms with Crippen molar-refractivity contribution in [2.75, 3.05) is 23.8 Å². The Hall–Kier alpha value is -4.78. The molecule has 0 aliphatic rings. The van der Waals surface area contributed by atoms with Gasteiger partial charge in [-0.15, -0.1) is 0 Å². The number of aryl methyl sites for hydroxylation is 2. The molecule has 1 unspecified atom stereocenters. The van der Waals surface area contributed by atoms with Crippen LogP contribution in [-0.2, 0) is 11.2 Å². The van der Waals surface area contributed by atoms with Crippen LogP contribution in [0.5, 0.6) is 11.5 Å². The second kappa shape index (κ2) is 13.7. The molecular formula is C32H32N2O5. The molecule has 0 spiro atoms. The van der Waals surface area contributed by atoms with Gasteiger partial charge in [0.15, 0.2) is 5.75 Å². The number of carboxylic acids is 1. The van der Waals surface area contributed by atoms with Gasteiger partial charge in [-0.3, -0.25) is 0 Å². The molecule has 7 nitrogen and oxygen atoms in total. The van der Waals surface area contributed by atoms with Crippen LogP contribution >= 0.6 is 0 Å². The fourth-order valence-corrected chi connectivity index (χ4v) is 3.95. The van der Waals surface area contributed by atoms with Gasteiger partial charge in [0.25, 0.3) is 0 Å². The van der Waals surface area contributed by atoms with Crippen molar-refractivity contribution in [3.63, 3.8) is 0 Å². The Labute approximate surface area is 228 Å². The highest BCUT2D eigenvalue weighted by molar-refractivity contribution is 5.92. The van der Waals surface area contributed by atoms with Crippen LogP contribution in [-0.4, -0.2) is 36.2 Å². The first-order valence-corrected chi connectivity index (χ1v) is 12.9. The summed E-state index contributed by atoms with van der Waals surface area (Å²) in [5.74, 6) is -0.465. The Morgan fingerprint density at radius 1 is 0.846 bits per heavy atom. The van der Waals surface area contributed by atoms with Crippen LogP contribution < -0.4 is 20.1 Å². The van der Waals surface area contributed by atoms with Crippen molar-refractivity contribution in [2.24, 2.45) is 0 Å². The molecule has 1 atom stereocenters. The van der Waals surface area contributed by atoms with Crippen LogP contribution in [0.3, 0.4) is 0 Å². The number of carbonyl (C=O) groups excluding carboxylic acids is 1. The summed E-state index contributed by atoms with van der Waals surface area (Å²) in [6, 6.07) is 30.5. The molecule has 0 bridgehead atoms. The summed E-state index contributed by atoms with van der Waals surface area (Å²) in [7, 11) is 0. The van der Waals surface area contributed by atoms with E-state index in [9.17, 15) is 14.7 Å². The van der Waals surface area contributed by atoms with Gasteiger partial charge in [-0.1, -0.05) is 60.2 Å². The van der Waals surface area contributed by atoms with Crippen molar-refractivity contribution < 1.29 is 24.2 Å². The molecule has 4 rings (SSSR count). The number of aliphatic carboxylic acids is 1. The smallest absolute Gasteiger partial charge is 0.343 e. The van der Waals surface area contributed by atoms with Crippen molar-refractivity contribution in [2.45, 2.75) is 25.8 Å². The van der Waals surface area contributed by atoms with Gasteiger partial charge >= 0.3 is 11.9 Å². The minimum atomic E-state index is -0.986. The Morgan fingerprint density at radius 2 is 1.54 bits per heavy atom. The maximum absolute atomic E-state index is 12.5. The summed E-state index contributed by atoms with van der Waals surface area (Å²) in [6.45, 7) is 3.26. The number of carbonyl (C=O) groups is 2. The number of esters is 1. The molecule has 7 heteroatoms. The van der Waals surface area contributed by atoms with Gasteiger partial charge in [-0.25, -0.2) is 9.59 Å². The zero-order valence-corrected chi connectivity index (χ0v) is 21.8. The molecule has 4 aromatic rings. The Balaban J connectivity index is 1.28. The first-order chi connectivity index (χ1) is 19.0. The monoisotopic (exact) mass is 524 g/mol. The maximum Gasteiger partial charge on any atom is 0.343 e. The largest absolute Gasteiger partial charge is 0.492 e. The number of hydrogen-bond donors (Lipinski definition) is 3. The lowest BCUT2D eigenvalue weighted by Crippen LogP contribution is -2.30. The van der Waals surface area contributed by atoms with Gasteiger partial charge in [-0.2, -0.15) is 0 Å². The Morgan fingerprint density at radius 3 is 2.26 bits per heavy atom. The predicted octanol–water partition coefficient (Wildman–Crippen LogP) is 6.20. The molecule has 0 aromatic heterocycles. The van der Waals surface area contributed by atoms with Crippen molar-refractivity contribution in [3.8, 4) is 11.5 Å². The normalized spacial score (nSPS) is 11.3. The van der Waals surface area contributed by atoms with E-state index in [4.69, 9.17) is 9.47 Å². The summed E-state index contributed by atoms with van der Waals surface area (Å²) < 4.78 is 11.4. The van der Waals surface area contributed by atoms with E-state index in [-0.39, 0.29) is 5.75 Å². The van der Waals surface area contributed by atoms with Crippen molar-refractivity contribution >= 4 is 23.3 Å². The minimum absolute atomic E-state index is 0.274. The molecule has 0 radical (unpaired) electrons. The van der Waals surface area contributed by atoms with Crippen LogP contribution in [0.2, 0.25) is 0 Å². The van der Waals surface area contributed by atoms with Crippen molar-refractivity contribution in [3.05, 3.63) is 120 Å². The number of hydrogen-bond acceptors (Lipinski definition) is 6. The molecule has 0 saturated carbocycles. The van der Waals surface area contributed by atoms with E-state index in [1.165, 1.54) is 5.56 Å². The van der Waals surface area contributed by atoms with E-state index in [2.05, 4.69) is 29.7 Å².